The third-order valence-electron chi connectivity index (χ3n) is 3.05. The molecule has 21 heavy (non-hydrogen) atoms. The number of carbonyl (C=O) groups is 1. The average molecular weight is 307 g/mol. The second kappa shape index (κ2) is 7.09. The van der Waals surface area contributed by atoms with Gasteiger partial charge in [0.15, 0.2) is 0 Å². The van der Waals surface area contributed by atoms with Crippen LogP contribution in [0.4, 0.5) is 10.1 Å². The van der Waals surface area contributed by atoms with Crippen molar-refractivity contribution in [2.75, 3.05) is 11.9 Å². The molecule has 1 atom stereocenters. The molecule has 0 fully saturated rings. The molecule has 5 heteroatoms. The van der Waals surface area contributed by atoms with Crippen LogP contribution in [-0.4, -0.2) is 12.5 Å². The van der Waals surface area contributed by atoms with E-state index in [4.69, 9.17) is 11.6 Å². The van der Waals surface area contributed by atoms with E-state index in [0.29, 0.717) is 5.69 Å². The first-order chi connectivity index (χ1) is 10.1. The van der Waals surface area contributed by atoms with Gasteiger partial charge in [-0.1, -0.05) is 41.9 Å². The number of rotatable bonds is 5. The quantitative estimate of drug-likeness (QED) is 0.883. The van der Waals surface area contributed by atoms with Gasteiger partial charge in [0.2, 0.25) is 5.91 Å². The molecule has 0 bridgehead atoms. The van der Waals surface area contributed by atoms with Crippen molar-refractivity contribution in [3.8, 4) is 0 Å². The molecule has 2 aromatic carbocycles. The van der Waals surface area contributed by atoms with Crippen LogP contribution < -0.4 is 10.6 Å². The molecule has 0 saturated carbocycles. The first kappa shape index (κ1) is 15.3. The lowest BCUT2D eigenvalue weighted by atomic mass is 10.1. The number of benzene rings is 2. The largest absolute Gasteiger partial charge is 0.375 e. The monoisotopic (exact) mass is 306 g/mol. The number of nitrogens with one attached hydrogen (secondary N) is 2. The minimum absolute atomic E-state index is 0.0720. The molecule has 0 heterocycles. The van der Waals surface area contributed by atoms with Crippen molar-refractivity contribution in [3.05, 3.63) is 64.9 Å². The van der Waals surface area contributed by atoms with Crippen LogP contribution in [0.15, 0.2) is 48.5 Å². The highest BCUT2D eigenvalue weighted by Gasteiger charge is 2.09. The maximum absolute atomic E-state index is 12.9. The van der Waals surface area contributed by atoms with Crippen LogP contribution in [0.1, 0.15) is 18.5 Å². The maximum Gasteiger partial charge on any atom is 0.239 e. The van der Waals surface area contributed by atoms with Crippen molar-refractivity contribution in [1.29, 1.82) is 0 Å². The molecule has 2 N–H and O–H groups in total. The summed E-state index contributed by atoms with van der Waals surface area (Å²) >= 11 is 5.88. The van der Waals surface area contributed by atoms with Crippen molar-refractivity contribution in [3.63, 3.8) is 0 Å². The molecule has 0 spiro atoms. The second-order valence-corrected chi connectivity index (χ2v) is 5.08. The Bertz CT molecular complexity index is 619. The molecule has 3 nitrogen and oxygen atoms in total. The normalized spacial score (nSPS) is 11.8. The molecule has 0 aromatic heterocycles. The van der Waals surface area contributed by atoms with Crippen LogP contribution >= 0.6 is 11.6 Å². The van der Waals surface area contributed by atoms with E-state index >= 15 is 0 Å². The smallest absolute Gasteiger partial charge is 0.239 e. The van der Waals surface area contributed by atoms with Crippen LogP contribution in [0.3, 0.4) is 0 Å². The van der Waals surface area contributed by atoms with Gasteiger partial charge in [0, 0.05) is 0 Å². The number of halogens is 2. The fourth-order valence-electron chi connectivity index (χ4n) is 1.93. The molecule has 110 valence electrons. The fraction of sp³-hybridized carbons (Fsp3) is 0.188. The standard InChI is InChI=1S/C16H16ClFN2O/c1-11(12-5-3-2-4-6-12)20-16(21)10-19-15-8-7-13(18)9-14(15)17/h2-9,11,19H,10H2,1H3,(H,20,21)/t11-/m1/s1. The molecular formula is C16H16ClFN2O. The molecule has 0 aliphatic rings. The van der Waals surface area contributed by atoms with Gasteiger partial charge in [-0.3, -0.25) is 4.79 Å². The van der Waals surface area contributed by atoms with Gasteiger partial charge >= 0.3 is 0 Å². The zero-order chi connectivity index (χ0) is 15.2. The highest BCUT2D eigenvalue weighted by atomic mass is 35.5. The van der Waals surface area contributed by atoms with E-state index in [1.54, 1.807) is 0 Å². The van der Waals surface area contributed by atoms with E-state index in [-0.39, 0.29) is 23.5 Å². The van der Waals surface area contributed by atoms with Gasteiger partial charge in [-0.05, 0) is 30.7 Å². The molecule has 0 unspecified atom stereocenters. The number of amides is 1. The third kappa shape index (κ3) is 4.46. The van der Waals surface area contributed by atoms with E-state index in [1.165, 1.54) is 18.2 Å². The van der Waals surface area contributed by atoms with Crippen molar-refractivity contribution in [2.45, 2.75) is 13.0 Å². The van der Waals surface area contributed by atoms with Gasteiger partial charge in [-0.15, -0.1) is 0 Å². The molecule has 0 saturated heterocycles. The number of anilines is 1. The lowest BCUT2D eigenvalue weighted by Crippen LogP contribution is -2.32. The summed E-state index contributed by atoms with van der Waals surface area (Å²) in [6, 6.07) is 13.6. The first-order valence-corrected chi connectivity index (χ1v) is 6.97. The van der Waals surface area contributed by atoms with Crippen LogP contribution in [0.5, 0.6) is 0 Å². The van der Waals surface area contributed by atoms with E-state index < -0.39 is 5.82 Å². The maximum atomic E-state index is 12.9. The number of hydrogen-bond acceptors (Lipinski definition) is 2. The SMILES string of the molecule is C[C@@H](NC(=O)CNc1ccc(F)cc1Cl)c1ccccc1. The van der Waals surface area contributed by atoms with Gasteiger partial charge in [-0.2, -0.15) is 0 Å². The molecule has 0 aliphatic carbocycles. The van der Waals surface area contributed by atoms with Gasteiger partial charge < -0.3 is 10.6 Å². The number of carbonyl (C=O) groups excluding carboxylic acids is 1. The summed E-state index contributed by atoms with van der Waals surface area (Å²) in [6.45, 7) is 1.99. The van der Waals surface area contributed by atoms with E-state index in [9.17, 15) is 9.18 Å². The molecule has 0 aliphatic heterocycles. The fourth-order valence-corrected chi connectivity index (χ4v) is 2.16. The summed E-state index contributed by atoms with van der Waals surface area (Å²) in [5.41, 5.74) is 1.56. The van der Waals surface area contributed by atoms with E-state index in [1.807, 2.05) is 37.3 Å². The minimum Gasteiger partial charge on any atom is -0.375 e. The highest BCUT2D eigenvalue weighted by molar-refractivity contribution is 6.33. The Labute approximate surface area is 128 Å². The summed E-state index contributed by atoms with van der Waals surface area (Å²) in [4.78, 5) is 11.9. The van der Waals surface area contributed by atoms with Crippen molar-refractivity contribution in [1.82, 2.24) is 5.32 Å². The molecular weight excluding hydrogens is 291 g/mol. The molecule has 1 amide bonds. The van der Waals surface area contributed by atoms with Gasteiger partial charge in [-0.25, -0.2) is 4.39 Å². The Kier molecular flexibility index (Phi) is 5.17. The van der Waals surface area contributed by atoms with Crippen LogP contribution in [-0.2, 0) is 4.79 Å². The average Bonchev–Trinajstić information content (AvgIpc) is 2.47. The lowest BCUT2D eigenvalue weighted by Gasteiger charge is -2.15. The summed E-state index contributed by atoms with van der Waals surface area (Å²) in [5.74, 6) is -0.570. The Morgan fingerprint density at radius 2 is 1.95 bits per heavy atom. The predicted octanol–water partition coefficient (Wildman–Crippen LogP) is 3.77. The summed E-state index contributed by atoms with van der Waals surface area (Å²) in [7, 11) is 0. The minimum atomic E-state index is -0.410. The predicted molar refractivity (Wildman–Crippen MR) is 82.9 cm³/mol. The summed E-state index contributed by atoms with van der Waals surface area (Å²) < 4.78 is 12.9. The Balaban J connectivity index is 1.87. The van der Waals surface area contributed by atoms with Gasteiger partial charge in [0.1, 0.15) is 5.82 Å². The summed E-state index contributed by atoms with van der Waals surface area (Å²) in [5, 5.41) is 6.01. The highest BCUT2D eigenvalue weighted by Crippen LogP contribution is 2.22. The van der Waals surface area contributed by atoms with Gasteiger partial charge in [0.05, 0.1) is 23.3 Å². The van der Waals surface area contributed by atoms with Crippen molar-refractivity contribution < 1.29 is 9.18 Å². The van der Waals surface area contributed by atoms with Crippen molar-refractivity contribution in [2.24, 2.45) is 0 Å². The Hall–Kier alpha value is -2.07. The summed E-state index contributed by atoms with van der Waals surface area (Å²) in [6.07, 6.45) is 0. The van der Waals surface area contributed by atoms with E-state index in [0.717, 1.165) is 5.56 Å². The zero-order valence-electron chi connectivity index (χ0n) is 11.6. The van der Waals surface area contributed by atoms with E-state index in [2.05, 4.69) is 10.6 Å². The molecule has 0 radical (unpaired) electrons. The Morgan fingerprint density at radius 3 is 2.62 bits per heavy atom. The van der Waals surface area contributed by atoms with Crippen molar-refractivity contribution >= 4 is 23.2 Å². The van der Waals surface area contributed by atoms with Gasteiger partial charge in [0.25, 0.3) is 0 Å². The number of hydrogen-bond donors (Lipinski definition) is 2. The second-order valence-electron chi connectivity index (χ2n) is 4.68. The molecule has 2 rings (SSSR count). The molecule has 2 aromatic rings. The Morgan fingerprint density at radius 1 is 1.24 bits per heavy atom. The zero-order valence-corrected chi connectivity index (χ0v) is 12.3. The van der Waals surface area contributed by atoms with Crippen LogP contribution in [0.2, 0.25) is 5.02 Å². The first-order valence-electron chi connectivity index (χ1n) is 6.59. The third-order valence-corrected chi connectivity index (χ3v) is 3.36. The lowest BCUT2D eigenvalue weighted by molar-refractivity contribution is -0.120. The van der Waals surface area contributed by atoms with Crippen LogP contribution in [0, 0.1) is 5.82 Å². The van der Waals surface area contributed by atoms with Crippen LogP contribution in [0.25, 0.3) is 0 Å². The topological polar surface area (TPSA) is 41.1 Å².